The highest BCUT2D eigenvalue weighted by atomic mass is 16.6. The molecule has 1 aromatic heterocycles. The van der Waals surface area contributed by atoms with Gasteiger partial charge in [-0.15, -0.1) is 0 Å². The van der Waals surface area contributed by atoms with Crippen LogP contribution in [0.5, 0.6) is 0 Å². The molecule has 4 rings (SSSR count). The van der Waals surface area contributed by atoms with E-state index in [1.165, 1.54) is 9.47 Å². The van der Waals surface area contributed by atoms with E-state index in [0.717, 1.165) is 16.5 Å². The van der Waals surface area contributed by atoms with Gasteiger partial charge >= 0.3 is 12.1 Å². The number of aliphatic carboxylic acids is 1. The molecule has 1 atom stereocenters. The maximum Gasteiger partial charge on any atom is 0.411 e. The molecule has 2 aromatic carbocycles. The van der Waals surface area contributed by atoms with Crippen LogP contribution in [0, 0.1) is 0 Å². The molecular formula is C21H18N2O5. The number of carbonyl (C=O) groups excluding carboxylic acids is 2. The summed E-state index contributed by atoms with van der Waals surface area (Å²) in [7, 11) is 0. The third-order valence-electron chi connectivity index (χ3n) is 5.05. The molecule has 2 heterocycles. The van der Waals surface area contributed by atoms with Crippen molar-refractivity contribution in [3.63, 3.8) is 0 Å². The van der Waals surface area contributed by atoms with Gasteiger partial charge < -0.3 is 9.84 Å². The van der Waals surface area contributed by atoms with Gasteiger partial charge in [0.15, 0.2) is 0 Å². The van der Waals surface area contributed by atoms with E-state index in [4.69, 9.17) is 4.74 Å². The lowest BCUT2D eigenvalue weighted by Gasteiger charge is -2.32. The number of benzene rings is 2. The van der Waals surface area contributed by atoms with Crippen LogP contribution in [-0.2, 0) is 33.9 Å². The van der Waals surface area contributed by atoms with Crippen molar-refractivity contribution in [2.45, 2.75) is 25.6 Å². The van der Waals surface area contributed by atoms with Gasteiger partial charge in [0.1, 0.15) is 12.6 Å². The first-order valence-electron chi connectivity index (χ1n) is 8.86. The summed E-state index contributed by atoms with van der Waals surface area (Å²) >= 11 is 0. The number of ether oxygens (including phenoxy) is 1. The molecule has 0 fully saturated rings. The third-order valence-corrected chi connectivity index (χ3v) is 5.05. The standard InChI is InChI=1S/C21H18N2O5/c24-13-23-17-9-5-4-8-15(17)16-10-18(20(25)26)22(11-19(16)23)21(27)28-12-14-6-2-1-3-7-14/h1-9,13,18H,10-12H2,(H,25,26)/t18-/m0/s1. The van der Waals surface area contributed by atoms with Gasteiger partial charge in [-0.1, -0.05) is 48.5 Å². The van der Waals surface area contributed by atoms with Gasteiger partial charge in [0, 0.05) is 17.5 Å². The van der Waals surface area contributed by atoms with Crippen LogP contribution in [0.25, 0.3) is 10.9 Å². The molecule has 0 aliphatic carbocycles. The molecule has 0 saturated carbocycles. The molecule has 0 radical (unpaired) electrons. The predicted octanol–water partition coefficient (Wildman–Crippen LogP) is 2.83. The van der Waals surface area contributed by atoms with Gasteiger partial charge in [-0.3, -0.25) is 14.3 Å². The molecular weight excluding hydrogens is 360 g/mol. The van der Waals surface area contributed by atoms with Crippen LogP contribution in [-0.4, -0.2) is 39.1 Å². The van der Waals surface area contributed by atoms with Gasteiger partial charge in [-0.2, -0.15) is 0 Å². The number of fused-ring (bicyclic) bond motifs is 3. The maximum atomic E-state index is 12.7. The Labute approximate surface area is 160 Å². The van der Waals surface area contributed by atoms with Crippen molar-refractivity contribution in [1.82, 2.24) is 9.47 Å². The van der Waals surface area contributed by atoms with Crippen LogP contribution in [0.1, 0.15) is 16.8 Å². The maximum absolute atomic E-state index is 12.7. The minimum absolute atomic E-state index is 0.00660. The molecule has 0 saturated heterocycles. The van der Waals surface area contributed by atoms with Gasteiger partial charge in [-0.25, -0.2) is 9.59 Å². The smallest absolute Gasteiger partial charge is 0.411 e. The predicted molar refractivity (Wildman–Crippen MR) is 101 cm³/mol. The first-order valence-corrected chi connectivity index (χ1v) is 8.86. The van der Waals surface area contributed by atoms with E-state index in [0.29, 0.717) is 17.6 Å². The SMILES string of the molecule is O=Cn1c2c(c3ccccc31)C[C@@H](C(=O)O)N(C(=O)OCc1ccccc1)C2. The summed E-state index contributed by atoms with van der Waals surface area (Å²) in [5, 5.41) is 10.5. The average molecular weight is 378 g/mol. The number of para-hydroxylation sites is 1. The van der Waals surface area contributed by atoms with Crippen molar-refractivity contribution in [1.29, 1.82) is 0 Å². The van der Waals surface area contributed by atoms with E-state index in [1.807, 2.05) is 48.5 Å². The lowest BCUT2D eigenvalue weighted by Crippen LogP contribution is -2.49. The number of nitrogens with zero attached hydrogens (tertiary/aromatic N) is 2. The molecule has 28 heavy (non-hydrogen) atoms. The Morgan fingerprint density at radius 1 is 1.11 bits per heavy atom. The molecule has 1 aliphatic rings. The second-order valence-corrected chi connectivity index (χ2v) is 6.64. The van der Waals surface area contributed by atoms with Crippen LogP contribution in [0.4, 0.5) is 4.79 Å². The summed E-state index contributed by atoms with van der Waals surface area (Å²) in [6.45, 7) is 0.0411. The molecule has 0 unspecified atom stereocenters. The van der Waals surface area contributed by atoms with Crippen molar-refractivity contribution in [2.24, 2.45) is 0 Å². The lowest BCUT2D eigenvalue weighted by molar-refractivity contribution is -0.143. The van der Waals surface area contributed by atoms with Gasteiger partial charge in [0.25, 0.3) is 0 Å². The van der Waals surface area contributed by atoms with Gasteiger partial charge in [0.2, 0.25) is 6.41 Å². The van der Waals surface area contributed by atoms with Gasteiger partial charge in [-0.05, 0) is 17.2 Å². The topological polar surface area (TPSA) is 88.8 Å². The highest BCUT2D eigenvalue weighted by Gasteiger charge is 2.38. The zero-order valence-corrected chi connectivity index (χ0v) is 14.9. The number of amides is 1. The summed E-state index contributed by atoms with van der Waals surface area (Å²) in [5.74, 6) is -1.11. The fourth-order valence-corrected chi connectivity index (χ4v) is 3.69. The van der Waals surface area contributed by atoms with E-state index in [-0.39, 0.29) is 19.6 Å². The van der Waals surface area contributed by atoms with E-state index in [2.05, 4.69) is 0 Å². The second kappa shape index (κ2) is 7.19. The number of aromatic nitrogens is 1. The zero-order chi connectivity index (χ0) is 19.7. The Kier molecular flexibility index (Phi) is 4.57. The molecule has 7 nitrogen and oxygen atoms in total. The van der Waals surface area contributed by atoms with Crippen molar-refractivity contribution in [2.75, 3.05) is 0 Å². The highest BCUT2D eigenvalue weighted by Crippen LogP contribution is 2.32. The summed E-state index contributed by atoms with van der Waals surface area (Å²) in [4.78, 5) is 37.3. The van der Waals surface area contributed by atoms with Gasteiger partial charge in [0.05, 0.1) is 12.1 Å². The Morgan fingerprint density at radius 2 is 1.82 bits per heavy atom. The van der Waals surface area contributed by atoms with Crippen LogP contribution >= 0.6 is 0 Å². The summed E-state index contributed by atoms with van der Waals surface area (Å²) in [5.41, 5.74) is 2.90. The van der Waals surface area contributed by atoms with Crippen LogP contribution in [0.3, 0.4) is 0 Å². The second-order valence-electron chi connectivity index (χ2n) is 6.64. The zero-order valence-electron chi connectivity index (χ0n) is 14.9. The van der Waals surface area contributed by atoms with E-state index in [1.54, 1.807) is 6.07 Å². The molecule has 0 bridgehead atoms. The fourth-order valence-electron chi connectivity index (χ4n) is 3.69. The molecule has 142 valence electrons. The van der Waals surface area contributed by atoms with Crippen molar-refractivity contribution in [3.05, 3.63) is 71.4 Å². The van der Waals surface area contributed by atoms with Crippen molar-refractivity contribution < 1.29 is 24.2 Å². The summed E-state index contributed by atoms with van der Waals surface area (Å²) in [6, 6.07) is 15.4. The quantitative estimate of drug-likeness (QED) is 0.705. The average Bonchev–Trinajstić information content (AvgIpc) is 3.04. The van der Waals surface area contributed by atoms with Crippen molar-refractivity contribution in [3.8, 4) is 0 Å². The number of hydrogen-bond acceptors (Lipinski definition) is 4. The third kappa shape index (κ3) is 3.00. The Bertz CT molecular complexity index is 1060. The monoisotopic (exact) mass is 378 g/mol. The Balaban J connectivity index is 1.66. The Hall–Kier alpha value is -3.61. The first-order chi connectivity index (χ1) is 13.6. The van der Waals surface area contributed by atoms with E-state index < -0.39 is 18.1 Å². The number of carboxylic acid groups (broad SMARTS) is 1. The minimum atomic E-state index is -1.11. The number of rotatable bonds is 4. The van der Waals surface area contributed by atoms with Crippen molar-refractivity contribution >= 4 is 29.4 Å². The van der Waals surface area contributed by atoms with Crippen LogP contribution < -0.4 is 0 Å². The number of carboxylic acids is 1. The molecule has 0 spiro atoms. The molecule has 7 heteroatoms. The molecule has 1 amide bonds. The fraction of sp³-hybridized carbons (Fsp3) is 0.190. The summed E-state index contributed by atoms with van der Waals surface area (Å²) in [6.07, 6.45) is 0.0898. The normalized spacial score (nSPS) is 15.9. The first kappa shape index (κ1) is 17.8. The number of carbonyl (C=O) groups is 3. The molecule has 1 N–H and O–H groups in total. The van der Waals surface area contributed by atoms with E-state index >= 15 is 0 Å². The highest BCUT2D eigenvalue weighted by molar-refractivity contribution is 5.92. The molecule has 3 aromatic rings. The lowest BCUT2D eigenvalue weighted by atomic mass is 9.97. The minimum Gasteiger partial charge on any atom is -0.480 e. The molecule has 1 aliphatic heterocycles. The Morgan fingerprint density at radius 3 is 2.54 bits per heavy atom. The summed E-state index contributed by atoms with van der Waals surface area (Å²) < 4.78 is 6.81. The number of hydrogen-bond donors (Lipinski definition) is 1. The van der Waals surface area contributed by atoms with E-state index in [9.17, 15) is 19.5 Å². The largest absolute Gasteiger partial charge is 0.480 e. The van der Waals surface area contributed by atoms with Crippen LogP contribution in [0.2, 0.25) is 0 Å². The van der Waals surface area contributed by atoms with Crippen LogP contribution in [0.15, 0.2) is 54.6 Å².